The van der Waals surface area contributed by atoms with Crippen molar-refractivity contribution in [2.75, 3.05) is 0 Å². The van der Waals surface area contributed by atoms with Gasteiger partial charge in [0.1, 0.15) is 12.0 Å². The summed E-state index contributed by atoms with van der Waals surface area (Å²) in [7, 11) is 1.83. The summed E-state index contributed by atoms with van der Waals surface area (Å²) >= 11 is 6.07. The number of aromatic nitrogens is 5. The van der Waals surface area contributed by atoms with E-state index < -0.39 is 0 Å². The van der Waals surface area contributed by atoms with Crippen LogP contribution in [0.25, 0.3) is 22.5 Å². The molecule has 0 fully saturated rings. The fourth-order valence-corrected chi connectivity index (χ4v) is 2.04. The van der Waals surface area contributed by atoms with Gasteiger partial charge in [-0.05, 0) is 18.2 Å². The molecular weight excluding hydrogens is 262 g/mol. The lowest BCUT2D eigenvalue weighted by atomic mass is 10.0. The Hall–Kier alpha value is -2.27. The molecular formula is C13H10ClN5. The van der Waals surface area contributed by atoms with Crippen molar-refractivity contribution in [2.45, 2.75) is 0 Å². The van der Waals surface area contributed by atoms with Gasteiger partial charge in [0.2, 0.25) is 0 Å². The van der Waals surface area contributed by atoms with Crippen LogP contribution in [0.2, 0.25) is 5.02 Å². The zero-order valence-electron chi connectivity index (χ0n) is 10.2. The zero-order valence-corrected chi connectivity index (χ0v) is 10.9. The summed E-state index contributed by atoms with van der Waals surface area (Å²) in [5.74, 6) is 0. The molecule has 0 spiro atoms. The average molecular weight is 272 g/mol. The van der Waals surface area contributed by atoms with Crippen LogP contribution >= 0.6 is 11.6 Å². The zero-order chi connectivity index (χ0) is 13.2. The van der Waals surface area contributed by atoms with Crippen LogP contribution in [0, 0.1) is 0 Å². The van der Waals surface area contributed by atoms with Crippen LogP contribution in [0.15, 0.2) is 43.0 Å². The van der Waals surface area contributed by atoms with Crippen LogP contribution in [0.5, 0.6) is 0 Å². The Morgan fingerprint density at radius 3 is 2.68 bits per heavy atom. The van der Waals surface area contributed by atoms with E-state index in [0.29, 0.717) is 5.02 Å². The molecule has 1 aromatic carbocycles. The Labute approximate surface area is 114 Å². The van der Waals surface area contributed by atoms with Crippen LogP contribution in [0.3, 0.4) is 0 Å². The minimum atomic E-state index is 0.654. The van der Waals surface area contributed by atoms with E-state index in [1.54, 1.807) is 10.9 Å². The molecule has 2 aromatic heterocycles. The third-order valence-corrected chi connectivity index (χ3v) is 2.95. The first-order chi connectivity index (χ1) is 9.24. The lowest BCUT2D eigenvalue weighted by Gasteiger charge is -2.06. The predicted molar refractivity (Wildman–Crippen MR) is 72.5 cm³/mol. The summed E-state index contributed by atoms with van der Waals surface area (Å²) in [6.45, 7) is 0. The monoisotopic (exact) mass is 271 g/mol. The van der Waals surface area contributed by atoms with Crippen LogP contribution in [0.4, 0.5) is 0 Å². The van der Waals surface area contributed by atoms with Crippen molar-refractivity contribution in [1.29, 1.82) is 0 Å². The smallest absolute Gasteiger partial charge is 0.116 e. The molecule has 94 valence electrons. The van der Waals surface area contributed by atoms with Crippen molar-refractivity contribution in [2.24, 2.45) is 7.05 Å². The topological polar surface area (TPSA) is 56.5 Å². The van der Waals surface area contributed by atoms with Gasteiger partial charge in [-0.2, -0.15) is 0 Å². The van der Waals surface area contributed by atoms with Gasteiger partial charge in [0.15, 0.2) is 0 Å². The minimum Gasteiger partial charge on any atom is -0.255 e. The van der Waals surface area contributed by atoms with Gasteiger partial charge in [-0.1, -0.05) is 22.9 Å². The van der Waals surface area contributed by atoms with Gasteiger partial charge < -0.3 is 0 Å². The summed E-state index contributed by atoms with van der Waals surface area (Å²) < 4.78 is 1.66. The van der Waals surface area contributed by atoms with Gasteiger partial charge in [0.25, 0.3) is 0 Å². The number of benzene rings is 1. The average Bonchev–Trinajstić information content (AvgIpc) is 2.86. The summed E-state index contributed by atoms with van der Waals surface area (Å²) in [6.07, 6.45) is 5.06. The minimum absolute atomic E-state index is 0.654. The van der Waals surface area contributed by atoms with Gasteiger partial charge in [-0.25, -0.2) is 9.97 Å². The maximum atomic E-state index is 6.07. The van der Waals surface area contributed by atoms with Gasteiger partial charge >= 0.3 is 0 Å². The molecule has 0 bridgehead atoms. The first-order valence-corrected chi connectivity index (χ1v) is 6.04. The summed E-state index contributed by atoms with van der Waals surface area (Å²) in [5.41, 5.74) is 3.44. The Morgan fingerprint density at radius 1 is 1.11 bits per heavy atom. The van der Waals surface area contributed by atoms with Crippen LogP contribution in [-0.4, -0.2) is 25.0 Å². The van der Waals surface area contributed by atoms with Crippen molar-refractivity contribution >= 4 is 11.6 Å². The Kier molecular flexibility index (Phi) is 2.97. The molecule has 0 N–H and O–H groups in total. The fourth-order valence-electron chi connectivity index (χ4n) is 1.87. The molecule has 0 unspecified atom stereocenters. The largest absolute Gasteiger partial charge is 0.255 e. The van der Waals surface area contributed by atoms with Crippen molar-refractivity contribution < 1.29 is 0 Å². The quantitative estimate of drug-likeness (QED) is 0.719. The third-order valence-electron chi connectivity index (χ3n) is 2.72. The number of halogens is 1. The highest BCUT2D eigenvalue weighted by molar-refractivity contribution is 6.31. The summed E-state index contributed by atoms with van der Waals surface area (Å²) in [6, 6.07) is 7.46. The highest BCUT2D eigenvalue weighted by atomic mass is 35.5. The fraction of sp³-hybridized carbons (Fsp3) is 0.0769. The first kappa shape index (κ1) is 11.8. The second-order valence-electron chi connectivity index (χ2n) is 4.06. The molecule has 3 aromatic rings. The molecule has 0 atom stereocenters. The maximum Gasteiger partial charge on any atom is 0.116 e. The molecule has 5 nitrogen and oxygen atoms in total. The number of hydrogen-bond acceptors (Lipinski definition) is 4. The third kappa shape index (κ3) is 2.32. The van der Waals surface area contributed by atoms with Gasteiger partial charge in [-0.3, -0.25) is 4.68 Å². The second kappa shape index (κ2) is 4.78. The number of aryl methyl sites for hydroxylation is 1. The standard InChI is InChI=1S/C13H10ClN5/c1-19-7-13(17-18-19)10-3-2-9(14)6-11(10)12-4-5-15-8-16-12/h2-8H,1H3. The summed E-state index contributed by atoms with van der Waals surface area (Å²) in [5, 5.41) is 8.73. The Morgan fingerprint density at radius 2 is 2.00 bits per heavy atom. The second-order valence-corrected chi connectivity index (χ2v) is 4.50. The molecule has 0 saturated carbocycles. The van der Waals surface area contributed by atoms with Gasteiger partial charge in [0.05, 0.1) is 11.9 Å². The van der Waals surface area contributed by atoms with Gasteiger partial charge in [0, 0.05) is 29.4 Å². The van der Waals surface area contributed by atoms with E-state index in [9.17, 15) is 0 Å². The van der Waals surface area contributed by atoms with E-state index in [1.807, 2.05) is 37.5 Å². The maximum absolute atomic E-state index is 6.07. The highest BCUT2D eigenvalue weighted by Gasteiger charge is 2.11. The molecule has 6 heteroatoms. The van der Waals surface area contributed by atoms with E-state index in [2.05, 4.69) is 20.3 Å². The van der Waals surface area contributed by atoms with Crippen molar-refractivity contribution in [3.8, 4) is 22.5 Å². The van der Waals surface area contributed by atoms with Crippen LogP contribution < -0.4 is 0 Å². The Balaban J connectivity index is 2.20. The summed E-state index contributed by atoms with van der Waals surface area (Å²) in [4.78, 5) is 8.18. The van der Waals surface area contributed by atoms with E-state index in [-0.39, 0.29) is 0 Å². The van der Waals surface area contributed by atoms with E-state index in [4.69, 9.17) is 11.6 Å². The molecule has 3 rings (SSSR count). The van der Waals surface area contributed by atoms with E-state index in [1.165, 1.54) is 6.33 Å². The van der Waals surface area contributed by atoms with Crippen molar-refractivity contribution in [3.05, 3.63) is 48.0 Å². The lowest BCUT2D eigenvalue weighted by molar-refractivity contribution is 0.715. The van der Waals surface area contributed by atoms with Crippen molar-refractivity contribution in [1.82, 2.24) is 25.0 Å². The van der Waals surface area contributed by atoms with E-state index in [0.717, 1.165) is 22.5 Å². The SMILES string of the molecule is Cn1cc(-c2ccc(Cl)cc2-c2ccncn2)nn1. The predicted octanol–water partition coefficient (Wildman–Crippen LogP) is 2.59. The van der Waals surface area contributed by atoms with Crippen molar-refractivity contribution in [3.63, 3.8) is 0 Å². The Bertz CT molecular complexity index is 708. The van der Waals surface area contributed by atoms with Gasteiger partial charge in [-0.15, -0.1) is 5.10 Å². The molecule has 0 saturated heterocycles. The molecule has 0 aliphatic rings. The lowest BCUT2D eigenvalue weighted by Crippen LogP contribution is -1.89. The molecule has 19 heavy (non-hydrogen) atoms. The number of nitrogens with zero attached hydrogens (tertiary/aromatic N) is 5. The van der Waals surface area contributed by atoms with Crippen LogP contribution in [0.1, 0.15) is 0 Å². The first-order valence-electron chi connectivity index (χ1n) is 5.66. The highest BCUT2D eigenvalue weighted by Crippen LogP contribution is 2.31. The molecule has 2 heterocycles. The number of hydrogen-bond donors (Lipinski definition) is 0. The van der Waals surface area contributed by atoms with E-state index >= 15 is 0 Å². The molecule has 0 aliphatic heterocycles. The van der Waals surface area contributed by atoms with Crippen LogP contribution in [-0.2, 0) is 7.05 Å². The normalized spacial score (nSPS) is 10.6. The number of rotatable bonds is 2. The molecule has 0 radical (unpaired) electrons. The molecule has 0 amide bonds. The molecule has 0 aliphatic carbocycles.